The Morgan fingerprint density at radius 1 is 1.20 bits per heavy atom. The van der Waals surface area contributed by atoms with Gasteiger partial charge in [-0.2, -0.15) is 0 Å². The van der Waals surface area contributed by atoms with Crippen LogP contribution in [0.1, 0.15) is 17.2 Å². The number of aryl methyl sites for hydroxylation is 1. The first kappa shape index (κ1) is 14.2. The van der Waals surface area contributed by atoms with Gasteiger partial charge < -0.3 is 10.0 Å². The molecule has 0 aliphatic rings. The number of carbonyl (C=O) groups excluding carboxylic acids is 1. The van der Waals surface area contributed by atoms with Gasteiger partial charge in [0.1, 0.15) is 5.82 Å². The summed E-state index contributed by atoms with van der Waals surface area (Å²) >= 11 is 0. The highest BCUT2D eigenvalue weighted by Gasteiger charge is 2.22. The Kier molecular flexibility index (Phi) is 4.15. The second kappa shape index (κ2) is 5.84. The van der Waals surface area contributed by atoms with Crippen LogP contribution in [-0.4, -0.2) is 18.1 Å². The van der Waals surface area contributed by atoms with Crippen molar-refractivity contribution in [2.45, 2.75) is 13.0 Å². The summed E-state index contributed by atoms with van der Waals surface area (Å²) in [7, 11) is 1.59. The number of aliphatic hydroxyl groups is 1. The van der Waals surface area contributed by atoms with Crippen LogP contribution in [0.5, 0.6) is 0 Å². The smallest absolute Gasteiger partial charge is 0.260 e. The van der Waals surface area contributed by atoms with E-state index in [9.17, 15) is 14.3 Å². The summed E-state index contributed by atoms with van der Waals surface area (Å²) in [5.41, 5.74) is 1.48. The molecule has 0 bridgehead atoms. The van der Waals surface area contributed by atoms with Gasteiger partial charge in [0.05, 0.1) is 0 Å². The van der Waals surface area contributed by atoms with Crippen molar-refractivity contribution < 1.29 is 14.3 Å². The Bertz CT molecular complexity index is 613. The van der Waals surface area contributed by atoms with Crippen molar-refractivity contribution in [1.29, 1.82) is 0 Å². The minimum atomic E-state index is -1.31. The molecule has 0 aromatic heterocycles. The molecule has 0 saturated heterocycles. The number of likely N-dealkylation sites (N-methyl/N-ethyl adjacent to an activating group) is 1. The number of halogens is 1. The number of hydrogen-bond acceptors (Lipinski definition) is 2. The van der Waals surface area contributed by atoms with Crippen LogP contribution in [0.4, 0.5) is 10.1 Å². The third-order valence-corrected chi connectivity index (χ3v) is 3.21. The summed E-state index contributed by atoms with van der Waals surface area (Å²) in [6, 6.07) is 13.2. The number of benzene rings is 2. The summed E-state index contributed by atoms with van der Waals surface area (Å²) in [6.07, 6.45) is -1.31. The average molecular weight is 273 g/mol. The van der Waals surface area contributed by atoms with Gasteiger partial charge in [-0.3, -0.25) is 4.79 Å². The van der Waals surface area contributed by atoms with Crippen molar-refractivity contribution in [3.8, 4) is 0 Å². The van der Waals surface area contributed by atoms with Gasteiger partial charge in [-0.15, -0.1) is 0 Å². The van der Waals surface area contributed by atoms with Crippen LogP contribution >= 0.6 is 0 Å². The molecule has 2 rings (SSSR count). The molecule has 0 radical (unpaired) electrons. The predicted molar refractivity (Wildman–Crippen MR) is 75.9 cm³/mol. The fraction of sp³-hybridized carbons (Fsp3) is 0.188. The number of hydrogen-bond donors (Lipinski definition) is 1. The normalized spacial score (nSPS) is 12.0. The number of rotatable bonds is 3. The molecule has 1 N–H and O–H groups in total. The minimum Gasteiger partial charge on any atom is -0.378 e. The molecule has 1 unspecified atom stereocenters. The highest BCUT2D eigenvalue weighted by molar-refractivity contribution is 5.96. The second-order valence-electron chi connectivity index (χ2n) is 4.64. The van der Waals surface area contributed by atoms with Gasteiger partial charge in [0, 0.05) is 12.7 Å². The largest absolute Gasteiger partial charge is 0.378 e. The number of para-hydroxylation sites is 1. The van der Waals surface area contributed by atoms with E-state index in [1.165, 1.54) is 23.1 Å². The Balaban J connectivity index is 2.22. The fourth-order valence-electron chi connectivity index (χ4n) is 1.94. The fourth-order valence-corrected chi connectivity index (χ4v) is 1.94. The maximum Gasteiger partial charge on any atom is 0.260 e. The molecule has 4 heteroatoms. The number of carbonyl (C=O) groups is 1. The molecule has 0 heterocycles. The SMILES string of the molecule is Cc1cc(C(O)C(=O)N(C)c2ccccc2)ccc1F. The number of anilines is 1. The van der Waals surface area contributed by atoms with E-state index >= 15 is 0 Å². The van der Waals surface area contributed by atoms with Crippen molar-refractivity contribution >= 4 is 11.6 Å². The first-order valence-electron chi connectivity index (χ1n) is 6.27. The quantitative estimate of drug-likeness (QED) is 0.934. The van der Waals surface area contributed by atoms with E-state index in [0.717, 1.165) is 0 Å². The molecule has 0 fully saturated rings. The lowest BCUT2D eigenvalue weighted by molar-refractivity contribution is -0.126. The van der Waals surface area contributed by atoms with E-state index in [1.807, 2.05) is 18.2 Å². The van der Waals surface area contributed by atoms with E-state index in [2.05, 4.69) is 0 Å². The second-order valence-corrected chi connectivity index (χ2v) is 4.64. The molecule has 1 atom stereocenters. The average Bonchev–Trinajstić information content (AvgIpc) is 2.48. The lowest BCUT2D eigenvalue weighted by Gasteiger charge is -2.21. The summed E-state index contributed by atoms with van der Waals surface area (Å²) in [5, 5.41) is 10.1. The van der Waals surface area contributed by atoms with Crippen molar-refractivity contribution in [3.63, 3.8) is 0 Å². The third-order valence-electron chi connectivity index (χ3n) is 3.21. The van der Waals surface area contributed by atoms with Gasteiger partial charge in [-0.05, 0) is 36.2 Å². The van der Waals surface area contributed by atoms with Crippen LogP contribution in [0.2, 0.25) is 0 Å². The van der Waals surface area contributed by atoms with E-state index in [1.54, 1.807) is 26.1 Å². The summed E-state index contributed by atoms with van der Waals surface area (Å²) in [4.78, 5) is 13.6. The molecule has 1 amide bonds. The number of aliphatic hydroxyl groups excluding tert-OH is 1. The predicted octanol–water partition coefficient (Wildman–Crippen LogP) is 2.83. The van der Waals surface area contributed by atoms with Gasteiger partial charge in [-0.1, -0.05) is 30.3 Å². The minimum absolute atomic E-state index is 0.357. The van der Waals surface area contributed by atoms with E-state index in [-0.39, 0.29) is 5.82 Å². The molecule has 0 saturated carbocycles. The lowest BCUT2D eigenvalue weighted by Crippen LogP contribution is -2.31. The van der Waals surface area contributed by atoms with Crippen LogP contribution in [0.3, 0.4) is 0 Å². The first-order valence-corrected chi connectivity index (χ1v) is 6.27. The van der Waals surface area contributed by atoms with Gasteiger partial charge in [0.15, 0.2) is 6.10 Å². The molecule has 2 aromatic rings. The molecule has 0 spiro atoms. The van der Waals surface area contributed by atoms with Crippen LogP contribution in [-0.2, 0) is 4.79 Å². The van der Waals surface area contributed by atoms with Crippen LogP contribution in [0.25, 0.3) is 0 Å². The Morgan fingerprint density at radius 2 is 1.85 bits per heavy atom. The van der Waals surface area contributed by atoms with Crippen molar-refractivity contribution in [1.82, 2.24) is 0 Å². The third kappa shape index (κ3) is 2.86. The molecule has 2 aromatic carbocycles. The summed E-state index contributed by atoms with van der Waals surface area (Å²) in [5.74, 6) is -0.813. The van der Waals surface area contributed by atoms with Gasteiger partial charge in [-0.25, -0.2) is 4.39 Å². The zero-order valence-electron chi connectivity index (χ0n) is 11.4. The van der Waals surface area contributed by atoms with E-state index < -0.39 is 12.0 Å². The Morgan fingerprint density at radius 3 is 2.45 bits per heavy atom. The van der Waals surface area contributed by atoms with Crippen molar-refractivity contribution in [2.24, 2.45) is 0 Å². The molecule has 0 aliphatic carbocycles. The van der Waals surface area contributed by atoms with Crippen molar-refractivity contribution in [3.05, 3.63) is 65.5 Å². The monoisotopic (exact) mass is 273 g/mol. The Hall–Kier alpha value is -2.20. The van der Waals surface area contributed by atoms with E-state index in [0.29, 0.717) is 16.8 Å². The number of nitrogens with zero attached hydrogens (tertiary/aromatic N) is 1. The van der Waals surface area contributed by atoms with Gasteiger partial charge in [0.25, 0.3) is 5.91 Å². The zero-order chi connectivity index (χ0) is 14.7. The maximum absolute atomic E-state index is 13.2. The first-order chi connectivity index (χ1) is 9.50. The van der Waals surface area contributed by atoms with Crippen LogP contribution in [0, 0.1) is 12.7 Å². The molecular weight excluding hydrogens is 257 g/mol. The molecule has 20 heavy (non-hydrogen) atoms. The molecular formula is C16H16FNO2. The molecule has 3 nitrogen and oxygen atoms in total. The number of amides is 1. The summed E-state index contributed by atoms with van der Waals surface area (Å²) in [6.45, 7) is 1.59. The highest BCUT2D eigenvalue weighted by atomic mass is 19.1. The standard InChI is InChI=1S/C16H16FNO2/c1-11-10-12(8-9-14(11)17)15(19)16(20)18(2)13-6-4-3-5-7-13/h3-10,15,19H,1-2H3. The molecule has 0 aliphatic heterocycles. The molecule has 104 valence electrons. The van der Waals surface area contributed by atoms with E-state index in [4.69, 9.17) is 0 Å². The maximum atomic E-state index is 13.2. The summed E-state index contributed by atoms with van der Waals surface area (Å²) < 4.78 is 13.2. The highest BCUT2D eigenvalue weighted by Crippen LogP contribution is 2.21. The van der Waals surface area contributed by atoms with Crippen LogP contribution < -0.4 is 4.90 Å². The van der Waals surface area contributed by atoms with Crippen LogP contribution in [0.15, 0.2) is 48.5 Å². The topological polar surface area (TPSA) is 40.5 Å². The zero-order valence-corrected chi connectivity index (χ0v) is 11.4. The Labute approximate surface area is 117 Å². The lowest BCUT2D eigenvalue weighted by atomic mass is 10.1. The van der Waals surface area contributed by atoms with Gasteiger partial charge in [0.2, 0.25) is 0 Å². The van der Waals surface area contributed by atoms with Crippen molar-refractivity contribution in [2.75, 3.05) is 11.9 Å². The van der Waals surface area contributed by atoms with Gasteiger partial charge >= 0.3 is 0 Å².